The standard InChI is InChI=1S/C13H25N3O/c1-11-5-2-3-7-15(11)8-4-9-16-10-6-12(14)13(16)17/h11-12H,2-10,14H2,1H3. The SMILES string of the molecule is CC1CCCCN1CCCN1CCC(N)C1=O. The van der Waals surface area contributed by atoms with E-state index in [1.807, 2.05) is 4.90 Å². The highest BCUT2D eigenvalue weighted by molar-refractivity contribution is 5.83. The lowest BCUT2D eigenvalue weighted by Crippen LogP contribution is -2.40. The molecule has 98 valence electrons. The minimum atomic E-state index is -0.232. The Kier molecular flexibility index (Phi) is 4.40. The molecule has 2 atom stereocenters. The van der Waals surface area contributed by atoms with Crippen LogP contribution in [0.5, 0.6) is 0 Å². The molecule has 17 heavy (non-hydrogen) atoms. The van der Waals surface area contributed by atoms with Gasteiger partial charge in [0.2, 0.25) is 5.91 Å². The second-order valence-electron chi connectivity index (χ2n) is 5.45. The van der Waals surface area contributed by atoms with Crippen LogP contribution in [0.15, 0.2) is 0 Å². The number of nitrogens with zero attached hydrogens (tertiary/aromatic N) is 2. The molecule has 0 spiro atoms. The Labute approximate surface area is 104 Å². The van der Waals surface area contributed by atoms with Gasteiger partial charge < -0.3 is 15.5 Å². The summed E-state index contributed by atoms with van der Waals surface area (Å²) in [5.41, 5.74) is 5.70. The zero-order valence-corrected chi connectivity index (χ0v) is 10.9. The first-order valence-corrected chi connectivity index (χ1v) is 6.97. The van der Waals surface area contributed by atoms with Gasteiger partial charge in [-0.25, -0.2) is 0 Å². The summed E-state index contributed by atoms with van der Waals surface area (Å²) in [5.74, 6) is 0.150. The summed E-state index contributed by atoms with van der Waals surface area (Å²) in [6.45, 7) is 6.41. The first kappa shape index (κ1) is 12.8. The maximum Gasteiger partial charge on any atom is 0.239 e. The number of carbonyl (C=O) groups is 1. The molecule has 2 fully saturated rings. The van der Waals surface area contributed by atoms with Crippen LogP contribution in [0.3, 0.4) is 0 Å². The number of hydrogen-bond donors (Lipinski definition) is 1. The Morgan fingerprint density at radius 1 is 1.24 bits per heavy atom. The number of likely N-dealkylation sites (tertiary alicyclic amines) is 2. The second-order valence-corrected chi connectivity index (χ2v) is 5.45. The van der Waals surface area contributed by atoms with Gasteiger partial charge in [0.25, 0.3) is 0 Å². The molecule has 0 saturated carbocycles. The highest BCUT2D eigenvalue weighted by Gasteiger charge is 2.28. The van der Waals surface area contributed by atoms with Gasteiger partial charge in [-0.3, -0.25) is 4.79 Å². The summed E-state index contributed by atoms with van der Waals surface area (Å²) in [7, 11) is 0. The third-order valence-corrected chi connectivity index (χ3v) is 4.15. The maximum absolute atomic E-state index is 11.6. The van der Waals surface area contributed by atoms with Crippen molar-refractivity contribution in [2.24, 2.45) is 5.73 Å². The minimum absolute atomic E-state index is 0.150. The molecular formula is C13H25N3O. The molecule has 2 N–H and O–H groups in total. The molecule has 1 amide bonds. The quantitative estimate of drug-likeness (QED) is 0.790. The van der Waals surface area contributed by atoms with E-state index >= 15 is 0 Å². The van der Waals surface area contributed by atoms with Gasteiger partial charge in [0.05, 0.1) is 6.04 Å². The number of nitrogens with two attached hydrogens (primary N) is 1. The molecule has 4 heteroatoms. The van der Waals surface area contributed by atoms with Crippen LogP contribution in [-0.4, -0.2) is 54.0 Å². The minimum Gasteiger partial charge on any atom is -0.341 e. The van der Waals surface area contributed by atoms with Crippen LogP contribution in [0.1, 0.15) is 39.0 Å². The van der Waals surface area contributed by atoms with E-state index < -0.39 is 0 Å². The number of piperidine rings is 1. The smallest absolute Gasteiger partial charge is 0.239 e. The van der Waals surface area contributed by atoms with Gasteiger partial charge in [-0.05, 0) is 39.2 Å². The average Bonchev–Trinajstić information content (AvgIpc) is 2.63. The van der Waals surface area contributed by atoms with Crippen molar-refractivity contribution in [2.45, 2.75) is 51.1 Å². The molecule has 2 unspecified atom stereocenters. The summed E-state index contributed by atoms with van der Waals surface area (Å²) in [5, 5.41) is 0. The predicted molar refractivity (Wildman–Crippen MR) is 68.7 cm³/mol. The van der Waals surface area contributed by atoms with Crippen LogP contribution in [-0.2, 0) is 4.79 Å². The molecule has 4 nitrogen and oxygen atoms in total. The van der Waals surface area contributed by atoms with Crippen molar-refractivity contribution >= 4 is 5.91 Å². The largest absolute Gasteiger partial charge is 0.341 e. The summed E-state index contributed by atoms with van der Waals surface area (Å²) in [6, 6.07) is 0.490. The molecule has 0 aromatic heterocycles. The number of hydrogen-bond acceptors (Lipinski definition) is 3. The van der Waals surface area contributed by atoms with E-state index in [0.29, 0.717) is 0 Å². The highest BCUT2D eigenvalue weighted by Crippen LogP contribution is 2.17. The van der Waals surface area contributed by atoms with Gasteiger partial charge in [-0.2, -0.15) is 0 Å². The van der Waals surface area contributed by atoms with Gasteiger partial charge in [0.15, 0.2) is 0 Å². The maximum atomic E-state index is 11.6. The Bertz CT molecular complexity index is 269. The molecule has 0 radical (unpaired) electrons. The van der Waals surface area contributed by atoms with Crippen molar-refractivity contribution in [3.8, 4) is 0 Å². The fraction of sp³-hybridized carbons (Fsp3) is 0.923. The Hall–Kier alpha value is -0.610. The number of rotatable bonds is 4. The Morgan fingerprint density at radius 3 is 2.71 bits per heavy atom. The van der Waals surface area contributed by atoms with Gasteiger partial charge in [0, 0.05) is 25.7 Å². The van der Waals surface area contributed by atoms with Crippen LogP contribution >= 0.6 is 0 Å². The molecule has 0 aromatic rings. The normalized spacial score (nSPS) is 31.2. The summed E-state index contributed by atoms with van der Waals surface area (Å²) < 4.78 is 0. The summed E-state index contributed by atoms with van der Waals surface area (Å²) in [6.07, 6.45) is 5.95. The van der Waals surface area contributed by atoms with E-state index in [9.17, 15) is 4.79 Å². The van der Waals surface area contributed by atoms with Crippen molar-refractivity contribution < 1.29 is 4.79 Å². The first-order chi connectivity index (χ1) is 8.18. The topological polar surface area (TPSA) is 49.6 Å². The molecule has 2 aliphatic heterocycles. The molecule has 2 heterocycles. The molecule has 0 bridgehead atoms. The monoisotopic (exact) mass is 239 g/mol. The Balaban J connectivity index is 1.67. The number of amides is 1. The molecule has 0 aliphatic carbocycles. The van der Waals surface area contributed by atoms with E-state index in [1.54, 1.807) is 0 Å². The van der Waals surface area contributed by atoms with Crippen molar-refractivity contribution in [3.05, 3.63) is 0 Å². The van der Waals surface area contributed by atoms with Crippen LogP contribution < -0.4 is 5.73 Å². The highest BCUT2D eigenvalue weighted by atomic mass is 16.2. The molecule has 2 aliphatic rings. The van der Waals surface area contributed by atoms with Crippen molar-refractivity contribution in [1.29, 1.82) is 0 Å². The first-order valence-electron chi connectivity index (χ1n) is 6.97. The Morgan fingerprint density at radius 2 is 2.06 bits per heavy atom. The lowest BCUT2D eigenvalue weighted by atomic mass is 10.0. The zero-order valence-electron chi connectivity index (χ0n) is 10.9. The van der Waals surface area contributed by atoms with Crippen LogP contribution in [0.2, 0.25) is 0 Å². The van der Waals surface area contributed by atoms with E-state index in [0.717, 1.165) is 38.5 Å². The van der Waals surface area contributed by atoms with Crippen molar-refractivity contribution in [2.75, 3.05) is 26.2 Å². The lowest BCUT2D eigenvalue weighted by molar-refractivity contribution is -0.128. The average molecular weight is 239 g/mol. The van der Waals surface area contributed by atoms with Crippen LogP contribution in [0, 0.1) is 0 Å². The molecule has 2 rings (SSSR count). The third-order valence-electron chi connectivity index (χ3n) is 4.15. The van der Waals surface area contributed by atoms with E-state index in [4.69, 9.17) is 5.73 Å². The van der Waals surface area contributed by atoms with Gasteiger partial charge >= 0.3 is 0 Å². The van der Waals surface area contributed by atoms with Crippen molar-refractivity contribution in [3.63, 3.8) is 0 Å². The van der Waals surface area contributed by atoms with Crippen LogP contribution in [0.4, 0.5) is 0 Å². The fourth-order valence-corrected chi connectivity index (χ4v) is 2.94. The predicted octanol–water partition coefficient (Wildman–Crippen LogP) is 0.811. The summed E-state index contributed by atoms with van der Waals surface area (Å²) in [4.78, 5) is 16.1. The summed E-state index contributed by atoms with van der Waals surface area (Å²) >= 11 is 0. The fourth-order valence-electron chi connectivity index (χ4n) is 2.94. The van der Waals surface area contributed by atoms with Gasteiger partial charge in [-0.15, -0.1) is 0 Å². The second kappa shape index (κ2) is 5.83. The zero-order chi connectivity index (χ0) is 12.3. The van der Waals surface area contributed by atoms with Gasteiger partial charge in [0.1, 0.15) is 0 Å². The lowest BCUT2D eigenvalue weighted by Gasteiger charge is -2.33. The van der Waals surface area contributed by atoms with Crippen LogP contribution in [0.25, 0.3) is 0 Å². The molecule has 2 saturated heterocycles. The van der Waals surface area contributed by atoms with Crippen molar-refractivity contribution in [1.82, 2.24) is 9.80 Å². The molecular weight excluding hydrogens is 214 g/mol. The molecule has 0 aromatic carbocycles. The number of carbonyl (C=O) groups excluding carboxylic acids is 1. The van der Waals surface area contributed by atoms with Gasteiger partial charge in [-0.1, -0.05) is 6.42 Å². The third kappa shape index (κ3) is 3.19. The van der Waals surface area contributed by atoms with E-state index in [-0.39, 0.29) is 11.9 Å². The van der Waals surface area contributed by atoms with E-state index in [1.165, 1.54) is 25.8 Å². The van der Waals surface area contributed by atoms with E-state index in [2.05, 4.69) is 11.8 Å².